The summed E-state index contributed by atoms with van der Waals surface area (Å²) in [7, 11) is 0. The summed E-state index contributed by atoms with van der Waals surface area (Å²) < 4.78 is 23.2. The minimum absolute atomic E-state index is 0.0566. The van der Waals surface area contributed by atoms with Crippen LogP contribution < -0.4 is 0 Å². The number of carbonyl (C=O) groups excluding carboxylic acids is 4. The molecular formula is C27H35FO7. The zero-order valence-electron chi connectivity index (χ0n) is 20.8. The number of Topliss-reactive ketones (excluding diaryl/α,β-unsaturated/α-hetero) is 2. The van der Waals surface area contributed by atoms with Crippen LogP contribution in [0.1, 0.15) is 66.2 Å². The van der Waals surface area contributed by atoms with Crippen LogP contribution in [0.25, 0.3) is 0 Å². The Labute approximate surface area is 204 Å². The van der Waals surface area contributed by atoms with Crippen molar-refractivity contribution in [1.29, 1.82) is 0 Å². The van der Waals surface area contributed by atoms with E-state index in [1.54, 1.807) is 13.8 Å². The quantitative estimate of drug-likeness (QED) is 0.550. The van der Waals surface area contributed by atoms with Crippen molar-refractivity contribution >= 4 is 23.3 Å². The van der Waals surface area contributed by atoms with Crippen LogP contribution in [0.4, 0.5) is 4.39 Å². The lowest BCUT2D eigenvalue weighted by Gasteiger charge is -2.62. The Bertz CT molecular complexity index is 1030. The highest BCUT2D eigenvalue weighted by molar-refractivity contribution is 6.10. The molecule has 0 amide bonds. The highest BCUT2D eigenvalue weighted by Gasteiger charge is 2.77. The van der Waals surface area contributed by atoms with Crippen molar-refractivity contribution in [3.05, 3.63) is 23.8 Å². The molecule has 0 aromatic carbocycles. The Morgan fingerprint density at radius 2 is 1.91 bits per heavy atom. The van der Waals surface area contributed by atoms with E-state index in [0.29, 0.717) is 6.42 Å². The first-order chi connectivity index (χ1) is 16.3. The number of aliphatic hydroxyl groups is 2. The molecule has 0 saturated heterocycles. The summed E-state index contributed by atoms with van der Waals surface area (Å²) in [5.74, 6) is -4.10. The van der Waals surface area contributed by atoms with Gasteiger partial charge in [-0.15, -0.1) is 0 Å². The molecule has 0 heterocycles. The van der Waals surface area contributed by atoms with E-state index in [0.717, 1.165) is 12.5 Å². The van der Waals surface area contributed by atoms with Gasteiger partial charge in [0.05, 0.1) is 11.5 Å². The molecular weight excluding hydrogens is 455 g/mol. The molecule has 192 valence electrons. The lowest BCUT2D eigenvalue weighted by Crippen LogP contribution is -2.71. The van der Waals surface area contributed by atoms with Gasteiger partial charge in [0, 0.05) is 35.7 Å². The summed E-state index contributed by atoms with van der Waals surface area (Å²) in [5.41, 5.74) is -6.65. The van der Waals surface area contributed by atoms with Crippen molar-refractivity contribution in [1.82, 2.24) is 0 Å². The number of aliphatic hydroxyl groups excluding tert-OH is 2. The van der Waals surface area contributed by atoms with Crippen molar-refractivity contribution in [2.24, 2.45) is 28.6 Å². The van der Waals surface area contributed by atoms with Crippen LogP contribution in [0.3, 0.4) is 0 Å². The van der Waals surface area contributed by atoms with Gasteiger partial charge in [0.2, 0.25) is 5.78 Å². The van der Waals surface area contributed by atoms with Gasteiger partial charge in [0.25, 0.3) is 0 Å². The Balaban J connectivity index is 1.84. The molecule has 0 bridgehead atoms. The highest BCUT2D eigenvalue weighted by atomic mass is 19.1. The molecule has 7 nitrogen and oxygen atoms in total. The van der Waals surface area contributed by atoms with Gasteiger partial charge >= 0.3 is 5.97 Å². The number of hydrogen-bond acceptors (Lipinski definition) is 7. The Morgan fingerprint density at radius 3 is 2.54 bits per heavy atom. The molecule has 0 spiro atoms. The average molecular weight is 491 g/mol. The summed E-state index contributed by atoms with van der Waals surface area (Å²) in [4.78, 5) is 51.3. The number of alkyl halides is 1. The minimum Gasteiger partial charge on any atom is -0.450 e. The maximum atomic E-state index is 17.3. The SMILES string of the molecule is CCCCC(=O)O[C@@]1(C(=O)CO)[C@@H](C)C[C@H]2[C@@H]3CC(=O)C4=CC(=O)C=C[C@]4(C)[C@@]3(F)[C@@H](O)C[C@@]21C. The molecule has 3 fully saturated rings. The molecule has 0 aliphatic heterocycles. The third kappa shape index (κ3) is 3.21. The summed E-state index contributed by atoms with van der Waals surface area (Å²) in [6.45, 7) is 6.06. The van der Waals surface area contributed by atoms with Crippen LogP contribution in [0.2, 0.25) is 0 Å². The molecule has 2 N–H and O–H groups in total. The lowest BCUT2D eigenvalue weighted by atomic mass is 9.44. The van der Waals surface area contributed by atoms with Gasteiger partial charge in [-0.1, -0.05) is 33.3 Å². The molecule has 0 radical (unpaired) electrons. The van der Waals surface area contributed by atoms with Crippen LogP contribution in [0, 0.1) is 28.6 Å². The second-order valence-electron chi connectivity index (χ2n) is 11.3. The summed E-state index contributed by atoms with van der Waals surface area (Å²) >= 11 is 0. The maximum absolute atomic E-state index is 17.3. The monoisotopic (exact) mass is 490 g/mol. The van der Waals surface area contributed by atoms with Crippen molar-refractivity contribution < 1.29 is 38.5 Å². The number of halogens is 1. The first-order valence-electron chi connectivity index (χ1n) is 12.5. The van der Waals surface area contributed by atoms with E-state index in [9.17, 15) is 29.4 Å². The molecule has 0 aromatic rings. The molecule has 3 saturated carbocycles. The number of esters is 1. The van der Waals surface area contributed by atoms with E-state index in [1.807, 2.05) is 6.92 Å². The highest BCUT2D eigenvalue weighted by Crippen LogP contribution is 2.71. The van der Waals surface area contributed by atoms with E-state index in [1.165, 1.54) is 19.1 Å². The minimum atomic E-state index is -2.27. The second kappa shape index (κ2) is 8.44. The maximum Gasteiger partial charge on any atom is 0.306 e. The molecule has 4 rings (SSSR count). The van der Waals surface area contributed by atoms with Crippen LogP contribution >= 0.6 is 0 Å². The van der Waals surface area contributed by atoms with E-state index < -0.39 is 70.1 Å². The summed E-state index contributed by atoms with van der Waals surface area (Å²) in [5, 5.41) is 21.3. The number of rotatable bonds is 6. The number of ether oxygens (including phenoxy) is 1. The van der Waals surface area contributed by atoms with E-state index >= 15 is 4.39 Å². The molecule has 4 aliphatic rings. The van der Waals surface area contributed by atoms with Crippen molar-refractivity contribution in [3.63, 3.8) is 0 Å². The summed E-state index contributed by atoms with van der Waals surface area (Å²) in [6, 6.07) is 0. The average Bonchev–Trinajstić information content (AvgIpc) is 3.02. The predicted octanol–water partition coefficient (Wildman–Crippen LogP) is 2.82. The Kier molecular flexibility index (Phi) is 6.24. The second-order valence-corrected chi connectivity index (χ2v) is 11.3. The van der Waals surface area contributed by atoms with Crippen LogP contribution in [-0.4, -0.2) is 57.5 Å². The van der Waals surface area contributed by atoms with E-state index in [2.05, 4.69) is 0 Å². The number of unbranched alkanes of at least 4 members (excludes halogenated alkanes) is 1. The predicted molar refractivity (Wildman–Crippen MR) is 124 cm³/mol. The number of allylic oxidation sites excluding steroid dienone is 4. The smallest absolute Gasteiger partial charge is 0.306 e. The number of fused-ring (bicyclic) bond motifs is 5. The normalized spacial score (nSPS) is 44.3. The van der Waals surface area contributed by atoms with Crippen LogP contribution in [0.15, 0.2) is 23.8 Å². The van der Waals surface area contributed by atoms with Crippen molar-refractivity contribution in [3.8, 4) is 0 Å². The molecule has 4 aliphatic carbocycles. The zero-order chi connectivity index (χ0) is 26.0. The lowest BCUT2D eigenvalue weighted by molar-refractivity contribution is -0.227. The fourth-order valence-electron chi connectivity index (χ4n) is 7.90. The van der Waals surface area contributed by atoms with Gasteiger partial charge in [-0.2, -0.15) is 0 Å². The fraction of sp³-hybridized carbons (Fsp3) is 0.704. The zero-order valence-corrected chi connectivity index (χ0v) is 20.8. The van der Waals surface area contributed by atoms with Gasteiger partial charge in [0.15, 0.2) is 22.8 Å². The molecule has 8 heteroatoms. The van der Waals surface area contributed by atoms with Gasteiger partial charge in [-0.25, -0.2) is 4.39 Å². The van der Waals surface area contributed by atoms with Gasteiger partial charge < -0.3 is 14.9 Å². The van der Waals surface area contributed by atoms with E-state index in [4.69, 9.17) is 4.74 Å². The fourth-order valence-corrected chi connectivity index (χ4v) is 7.90. The van der Waals surface area contributed by atoms with Crippen LogP contribution in [0.5, 0.6) is 0 Å². The molecule has 0 aromatic heterocycles. The van der Waals surface area contributed by atoms with E-state index in [-0.39, 0.29) is 37.0 Å². The summed E-state index contributed by atoms with van der Waals surface area (Å²) in [6.07, 6.45) is 3.47. The number of ketones is 3. The molecule has 8 atom stereocenters. The van der Waals surface area contributed by atoms with Gasteiger partial charge in [0.1, 0.15) is 6.61 Å². The first-order valence-corrected chi connectivity index (χ1v) is 12.5. The van der Waals surface area contributed by atoms with Crippen molar-refractivity contribution in [2.45, 2.75) is 83.6 Å². The van der Waals surface area contributed by atoms with Gasteiger partial charge in [-0.05, 0) is 44.3 Å². The number of hydrogen-bond donors (Lipinski definition) is 2. The third-order valence-corrected chi connectivity index (χ3v) is 9.59. The third-order valence-electron chi connectivity index (χ3n) is 9.59. The molecule has 0 unspecified atom stereocenters. The topological polar surface area (TPSA) is 118 Å². The first kappa shape index (κ1) is 25.9. The number of carbonyl (C=O) groups is 4. The molecule has 35 heavy (non-hydrogen) atoms. The Hall–Kier alpha value is -2.19. The standard InChI is InChI=1S/C27H35FO7/c1-5-6-7-23(34)35-27(22(33)14-29)15(2)10-17-18-12-20(31)19-11-16(30)8-9-24(19,3)26(18,28)21(32)13-25(17,27)4/h8-9,11,15,17-18,21,29,32H,5-7,10,12-14H2,1-4H3/t15-,17-,18-,21-,24-,25-,26-,27+/m0/s1. The largest absolute Gasteiger partial charge is 0.450 e. The van der Waals surface area contributed by atoms with Crippen LogP contribution in [-0.2, 0) is 23.9 Å². The van der Waals surface area contributed by atoms with Gasteiger partial charge in [-0.3, -0.25) is 19.2 Å². The van der Waals surface area contributed by atoms with Crippen molar-refractivity contribution in [2.75, 3.05) is 6.61 Å². The Morgan fingerprint density at radius 1 is 1.23 bits per heavy atom.